The number of nitrogens with zero attached hydrogens (tertiary/aromatic N) is 3. The van der Waals surface area contributed by atoms with Gasteiger partial charge < -0.3 is 10.6 Å². The van der Waals surface area contributed by atoms with Crippen LogP contribution in [0.1, 0.15) is 37.6 Å². The summed E-state index contributed by atoms with van der Waals surface area (Å²) in [5.41, 5.74) is 5.64. The molecule has 3 rings (SSSR count). The summed E-state index contributed by atoms with van der Waals surface area (Å²) in [4.78, 5) is 22.6. The van der Waals surface area contributed by atoms with Gasteiger partial charge in [0, 0.05) is 18.3 Å². The number of carbonyl (C=O) groups excluding carboxylic acids is 1. The zero-order chi connectivity index (χ0) is 19.8. The Labute approximate surface area is 158 Å². The van der Waals surface area contributed by atoms with Gasteiger partial charge in [-0.1, -0.05) is 13.0 Å². The van der Waals surface area contributed by atoms with Crippen LogP contribution < -0.4 is 15.4 Å². The second kappa shape index (κ2) is 6.80. The number of hydrogen-bond donors (Lipinski definition) is 2. The van der Waals surface area contributed by atoms with Crippen LogP contribution in [0.4, 0.5) is 11.6 Å². The van der Waals surface area contributed by atoms with Crippen molar-refractivity contribution in [1.29, 1.82) is 0 Å². The van der Waals surface area contributed by atoms with Gasteiger partial charge in [-0.3, -0.25) is 4.79 Å². The summed E-state index contributed by atoms with van der Waals surface area (Å²) in [7, 11) is -4.11. The van der Waals surface area contributed by atoms with Gasteiger partial charge in [-0.25, -0.2) is 14.7 Å². The molecule has 144 valence electrons. The molecule has 1 fully saturated rings. The molecule has 2 aromatic rings. The molecule has 27 heavy (non-hydrogen) atoms. The lowest BCUT2D eigenvalue weighted by Crippen LogP contribution is -2.38. The monoisotopic (exact) mass is 389 g/mol. The number of aromatic nitrogens is 2. The van der Waals surface area contributed by atoms with Crippen LogP contribution in [0.5, 0.6) is 0 Å². The number of pyridine rings is 2. The Kier molecular flexibility index (Phi) is 4.81. The van der Waals surface area contributed by atoms with E-state index in [1.807, 2.05) is 4.72 Å². The highest BCUT2D eigenvalue weighted by atomic mass is 32.2. The average molecular weight is 389 g/mol. The summed E-state index contributed by atoms with van der Waals surface area (Å²) in [6.45, 7) is 7.40. The van der Waals surface area contributed by atoms with E-state index < -0.39 is 15.9 Å². The molecule has 0 bridgehead atoms. The highest BCUT2D eigenvalue weighted by Gasteiger charge is 2.37. The molecule has 3 heterocycles. The quantitative estimate of drug-likeness (QED) is 0.818. The first kappa shape index (κ1) is 19.1. The summed E-state index contributed by atoms with van der Waals surface area (Å²) in [5.74, 6) is 0.605. The number of nitrogen functional groups attached to an aromatic ring is 1. The number of sulfonamides is 1. The van der Waals surface area contributed by atoms with Gasteiger partial charge in [-0.2, -0.15) is 8.42 Å². The molecule has 0 spiro atoms. The van der Waals surface area contributed by atoms with Crippen molar-refractivity contribution in [2.75, 3.05) is 17.2 Å². The lowest BCUT2D eigenvalue weighted by atomic mass is 9.98. The first-order valence-corrected chi connectivity index (χ1v) is 10.1. The maximum atomic E-state index is 12.3. The van der Waals surface area contributed by atoms with Crippen molar-refractivity contribution >= 4 is 27.6 Å². The second-order valence-corrected chi connectivity index (χ2v) is 9.10. The molecule has 1 atom stereocenters. The van der Waals surface area contributed by atoms with Gasteiger partial charge in [-0.05, 0) is 50.5 Å². The number of nitrogens with two attached hydrogens (primary N) is 1. The third-order valence-corrected chi connectivity index (χ3v) is 5.84. The van der Waals surface area contributed by atoms with Crippen molar-refractivity contribution in [2.45, 2.75) is 37.8 Å². The van der Waals surface area contributed by atoms with Gasteiger partial charge in [0.25, 0.3) is 15.9 Å². The Morgan fingerprint density at radius 3 is 2.59 bits per heavy atom. The standard InChI is InChI=1S/C18H23N5O3S/c1-12-9-18(2,3)23(11-12)15-8-7-13(10-20-15)17(24)22-27(25,26)16-6-4-5-14(19)21-16/h4-8,10,12H,9,11H2,1-3H3,(H2,19,21)(H,22,24)/t12-/m0/s1. The van der Waals surface area contributed by atoms with Gasteiger partial charge in [0.05, 0.1) is 5.56 Å². The molecule has 2 aromatic heterocycles. The summed E-state index contributed by atoms with van der Waals surface area (Å²) < 4.78 is 26.6. The van der Waals surface area contributed by atoms with E-state index in [0.717, 1.165) is 18.8 Å². The first-order chi connectivity index (χ1) is 12.6. The second-order valence-electron chi connectivity index (χ2n) is 7.47. The van der Waals surface area contributed by atoms with Crippen molar-refractivity contribution in [2.24, 2.45) is 5.92 Å². The Balaban J connectivity index is 1.76. The number of amides is 1. The predicted octanol–water partition coefficient (Wildman–Crippen LogP) is 1.80. The average Bonchev–Trinajstić information content (AvgIpc) is 2.87. The number of anilines is 2. The molecular weight excluding hydrogens is 366 g/mol. The van der Waals surface area contributed by atoms with Crippen molar-refractivity contribution < 1.29 is 13.2 Å². The summed E-state index contributed by atoms with van der Waals surface area (Å²) in [5, 5.41) is -0.312. The lowest BCUT2D eigenvalue weighted by Gasteiger charge is -2.32. The van der Waals surface area contributed by atoms with E-state index in [1.54, 1.807) is 12.1 Å². The van der Waals surface area contributed by atoms with E-state index in [2.05, 4.69) is 35.6 Å². The Morgan fingerprint density at radius 2 is 2.04 bits per heavy atom. The van der Waals surface area contributed by atoms with E-state index in [0.29, 0.717) is 5.92 Å². The lowest BCUT2D eigenvalue weighted by molar-refractivity contribution is 0.0981. The number of nitrogens with one attached hydrogen (secondary N) is 1. The third kappa shape index (κ3) is 4.02. The van der Waals surface area contributed by atoms with Crippen LogP contribution in [0.2, 0.25) is 0 Å². The van der Waals surface area contributed by atoms with E-state index >= 15 is 0 Å². The maximum absolute atomic E-state index is 12.3. The van der Waals surface area contributed by atoms with Crippen LogP contribution in [-0.4, -0.2) is 36.4 Å². The van der Waals surface area contributed by atoms with E-state index in [4.69, 9.17) is 5.73 Å². The molecule has 0 radical (unpaired) electrons. The molecule has 3 N–H and O–H groups in total. The molecule has 0 saturated carbocycles. The molecule has 1 aliphatic rings. The first-order valence-electron chi connectivity index (χ1n) is 8.62. The molecule has 1 saturated heterocycles. The smallest absolute Gasteiger partial charge is 0.281 e. The minimum atomic E-state index is -4.11. The van der Waals surface area contributed by atoms with Crippen molar-refractivity contribution in [1.82, 2.24) is 14.7 Å². The fraction of sp³-hybridized carbons (Fsp3) is 0.389. The zero-order valence-corrected chi connectivity index (χ0v) is 16.3. The minimum Gasteiger partial charge on any atom is -0.384 e. The van der Waals surface area contributed by atoms with Crippen molar-refractivity contribution in [3.63, 3.8) is 0 Å². The van der Waals surface area contributed by atoms with Gasteiger partial charge in [0.1, 0.15) is 11.6 Å². The van der Waals surface area contributed by atoms with Gasteiger partial charge in [-0.15, -0.1) is 0 Å². The molecule has 8 nitrogen and oxygen atoms in total. The van der Waals surface area contributed by atoms with Crippen LogP contribution in [0, 0.1) is 5.92 Å². The van der Waals surface area contributed by atoms with E-state index in [-0.39, 0.29) is 21.9 Å². The SMILES string of the molecule is C[C@@H]1CN(c2ccc(C(=O)NS(=O)(=O)c3cccc(N)n3)cn2)C(C)(C)C1. The number of hydrogen-bond acceptors (Lipinski definition) is 7. The number of carbonyl (C=O) groups is 1. The van der Waals surface area contributed by atoms with Crippen molar-refractivity contribution in [3.8, 4) is 0 Å². The largest absolute Gasteiger partial charge is 0.384 e. The van der Waals surface area contributed by atoms with E-state index in [1.165, 1.54) is 24.4 Å². The minimum absolute atomic E-state index is 0.0154. The fourth-order valence-corrected chi connectivity index (χ4v) is 4.43. The molecule has 0 aromatic carbocycles. The van der Waals surface area contributed by atoms with E-state index in [9.17, 15) is 13.2 Å². The van der Waals surface area contributed by atoms with Crippen LogP contribution in [0.3, 0.4) is 0 Å². The van der Waals surface area contributed by atoms with Crippen LogP contribution in [0.25, 0.3) is 0 Å². The zero-order valence-electron chi connectivity index (χ0n) is 15.5. The molecule has 1 amide bonds. The molecule has 1 aliphatic heterocycles. The summed E-state index contributed by atoms with van der Waals surface area (Å²) >= 11 is 0. The van der Waals surface area contributed by atoms with Crippen LogP contribution >= 0.6 is 0 Å². The Morgan fingerprint density at radius 1 is 1.30 bits per heavy atom. The van der Waals surface area contributed by atoms with Gasteiger partial charge in [0.2, 0.25) is 0 Å². The topological polar surface area (TPSA) is 118 Å². The highest BCUT2D eigenvalue weighted by molar-refractivity contribution is 7.90. The normalized spacial score (nSPS) is 19.1. The van der Waals surface area contributed by atoms with Crippen LogP contribution in [0.15, 0.2) is 41.6 Å². The van der Waals surface area contributed by atoms with Crippen molar-refractivity contribution in [3.05, 3.63) is 42.1 Å². The van der Waals surface area contributed by atoms with Gasteiger partial charge in [0.15, 0.2) is 5.03 Å². The molecule has 9 heteroatoms. The summed E-state index contributed by atoms with van der Waals surface area (Å²) in [6, 6.07) is 7.49. The number of rotatable bonds is 4. The molecule has 0 unspecified atom stereocenters. The Hall–Kier alpha value is -2.68. The summed E-state index contributed by atoms with van der Waals surface area (Å²) in [6.07, 6.45) is 2.44. The predicted molar refractivity (Wildman–Crippen MR) is 103 cm³/mol. The molecular formula is C18H23N5O3S. The third-order valence-electron chi connectivity index (χ3n) is 4.61. The van der Waals surface area contributed by atoms with Gasteiger partial charge >= 0.3 is 0 Å². The van der Waals surface area contributed by atoms with Crippen LogP contribution in [-0.2, 0) is 10.0 Å². The molecule has 0 aliphatic carbocycles. The maximum Gasteiger partial charge on any atom is 0.281 e. The highest BCUT2D eigenvalue weighted by Crippen LogP contribution is 2.35. The Bertz CT molecular complexity index is 957. The fourth-order valence-electron chi connectivity index (χ4n) is 3.48.